The molecule has 80 valence electrons. The maximum atomic E-state index is 11.1. The van der Waals surface area contributed by atoms with E-state index in [1.807, 2.05) is 0 Å². The van der Waals surface area contributed by atoms with Gasteiger partial charge in [-0.3, -0.25) is 14.4 Å². The molecule has 0 N–H and O–H groups in total. The van der Waals surface area contributed by atoms with Crippen molar-refractivity contribution in [1.82, 2.24) is 0 Å². The minimum absolute atomic E-state index is 0.159. The lowest BCUT2D eigenvalue weighted by atomic mass is 10.3. The SMILES string of the molecule is COC(=O)C[C@@H](SC(C)=O)C(=O)OC. The van der Waals surface area contributed by atoms with Crippen molar-refractivity contribution in [2.24, 2.45) is 0 Å². The third kappa shape index (κ3) is 4.86. The van der Waals surface area contributed by atoms with Crippen molar-refractivity contribution < 1.29 is 23.9 Å². The summed E-state index contributed by atoms with van der Waals surface area (Å²) in [6.07, 6.45) is -0.159. The Bertz CT molecular complexity index is 238. The molecule has 0 aliphatic rings. The Hall–Kier alpha value is -1.04. The summed E-state index contributed by atoms with van der Waals surface area (Å²) in [5, 5.41) is -1.06. The highest BCUT2D eigenvalue weighted by Crippen LogP contribution is 2.17. The topological polar surface area (TPSA) is 69.7 Å². The largest absolute Gasteiger partial charge is 0.469 e. The summed E-state index contributed by atoms with van der Waals surface area (Å²) in [6.45, 7) is 1.32. The van der Waals surface area contributed by atoms with Crippen LogP contribution in [0.4, 0.5) is 0 Å². The molecule has 0 aromatic carbocycles. The molecule has 0 saturated heterocycles. The maximum absolute atomic E-state index is 11.1. The van der Waals surface area contributed by atoms with Gasteiger partial charge in [0.25, 0.3) is 0 Å². The zero-order valence-electron chi connectivity index (χ0n) is 8.23. The van der Waals surface area contributed by atoms with Gasteiger partial charge >= 0.3 is 11.9 Å². The van der Waals surface area contributed by atoms with Crippen LogP contribution < -0.4 is 0 Å². The van der Waals surface area contributed by atoms with Gasteiger partial charge < -0.3 is 9.47 Å². The van der Waals surface area contributed by atoms with E-state index in [4.69, 9.17) is 0 Å². The summed E-state index contributed by atoms with van der Waals surface area (Å²) in [4.78, 5) is 32.7. The molecule has 1 atom stereocenters. The first-order chi connectivity index (χ1) is 6.51. The van der Waals surface area contributed by atoms with E-state index in [2.05, 4.69) is 9.47 Å². The van der Waals surface area contributed by atoms with E-state index in [1.54, 1.807) is 0 Å². The quantitative estimate of drug-likeness (QED) is 0.637. The summed E-state index contributed by atoms with van der Waals surface area (Å²) in [5.41, 5.74) is 0. The van der Waals surface area contributed by atoms with E-state index in [0.29, 0.717) is 0 Å². The Morgan fingerprint density at radius 3 is 2.14 bits per heavy atom. The molecule has 14 heavy (non-hydrogen) atoms. The van der Waals surface area contributed by atoms with Crippen LogP contribution in [0.15, 0.2) is 0 Å². The van der Waals surface area contributed by atoms with Crippen LogP contribution in [0.1, 0.15) is 13.3 Å². The molecule has 0 bridgehead atoms. The average molecular weight is 220 g/mol. The van der Waals surface area contributed by atoms with Gasteiger partial charge in [-0.25, -0.2) is 0 Å². The molecule has 0 spiro atoms. The number of carbonyl (C=O) groups is 3. The molecule has 0 heterocycles. The van der Waals surface area contributed by atoms with Gasteiger partial charge in [0.2, 0.25) is 0 Å². The van der Waals surface area contributed by atoms with Crippen molar-refractivity contribution in [3.8, 4) is 0 Å². The fourth-order valence-corrected chi connectivity index (χ4v) is 1.55. The van der Waals surface area contributed by atoms with Crippen molar-refractivity contribution in [1.29, 1.82) is 0 Å². The molecule has 0 aromatic rings. The first kappa shape index (κ1) is 13.0. The summed E-state index contributed by atoms with van der Waals surface area (Å²) in [5.74, 6) is -1.15. The molecule has 0 aliphatic carbocycles. The molecule has 6 heteroatoms. The van der Waals surface area contributed by atoms with Crippen LogP contribution in [0.2, 0.25) is 0 Å². The number of methoxy groups -OCH3 is 2. The molecule has 0 radical (unpaired) electrons. The highest BCUT2D eigenvalue weighted by Gasteiger charge is 2.25. The number of ether oxygens (including phenoxy) is 2. The smallest absolute Gasteiger partial charge is 0.319 e. The highest BCUT2D eigenvalue weighted by molar-refractivity contribution is 8.14. The molecule has 0 aliphatic heterocycles. The minimum Gasteiger partial charge on any atom is -0.469 e. The normalized spacial score (nSPS) is 11.6. The van der Waals surface area contributed by atoms with E-state index in [9.17, 15) is 14.4 Å². The van der Waals surface area contributed by atoms with Crippen LogP contribution in [0.3, 0.4) is 0 Å². The third-order valence-electron chi connectivity index (χ3n) is 1.35. The van der Waals surface area contributed by atoms with Crippen LogP contribution >= 0.6 is 11.8 Å². The number of esters is 2. The van der Waals surface area contributed by atoms with E-state index in [0.717, 1.165) is 11.8 Å². The van der Waals surface area contributed by atoms with Gasteiger partial charge in [-0.15, -0.1) is 0 Å². The Balaban J connectivity index is 4.31. The predicted octanol–water partition coefficient (Wildman–Crippen LogP) is 0.371. The van der Waals surface area contributed by atoms with Crippen LogP contribution in [0.25, 0.3) is 0 Å². The minimum atomic E-state index is -0.815. The molecule has 0 amide bonds. The lowest BCUT2D eigenvalue weighted by Gasteiger charge is -2.10. The Labute approximate surface area is 86.1 Å². The number of hydrogen-bond acceptors (Lipinski definition) is 6. The fourth-order valence-electron chi connectivity index (χ4n) is 0.740. The highest BCUT2D eigenvalue weighted by atomic mass is 32.2. The number of carbonyl (C=O) groups excluding carboxylic acids is 3. The van der Waals surface area contributed by atoms with Gasteiger partial charge in [0, 0.05) is 6.92 Å². The van der Waals surface area contributed by atoms with Crippen molar-refractivity contribution >= 4 is 28.8 Å². The van der Waals surface area contributed by atoms with Gasteiger partial charge in [0.1, 0.15) is 5.25 Å². The van der Waals surface area contributed by atoms with E-state index >= 15 is 0 Å². The summed E-state index contributed by atoms with van der Waals surface area (Å²) in [7, 11) is 2.42. The fraction of sp³-hybridized carbons (Fsp3) is 0.625. The predicted molar refractivity (Wildman–Crippen MR) is 50.7 cm³/mol. The Kier molecular flexibility index (Phi) is 5.94. The molecule has 0 fully saturated rings. The van der Waals surface area contributed by atoms with Gasteiger partial charge in [0.05, 0.1) is 20.6 Å². The summed E-state index contributed by atoms with van der Waals surface area (Å²) >= 11 is 0.762. The van der Waals surface area contributed by atoms with Crippen LogP contribution in [0, 0.1) is 0 Å². The van der Waals surface area contributed by atoms with Gasteiger partial charge in [0.15, 0.2) is 5.12 Å². The summed E-state index contributed by atoms with van der Waals surface area (Å²) in [6, 6.07) is 0. The first-order valence-electron chi connectivity index (χ1n) is 3.83. The van der Waals surface area contributed by atoms with Crippen LogP contribution in [-0.4, -0.2) is 36.5 Å². The summed E-state index contributed by atoms with van der Waals surface area (Å²) < 4.78 is 8.82. The number of thioether (sulfide) groups is 1. The lowest BCUT2D eigenvalue weighted by Crippen LogP contribution is -2.24. The third-order valence-corrected chi connectivity index (χ3v) is 2.33. The zero-order valence-corrected chi connectivity index (χ0v) is 9.05. The molecule has 0 rings (SSSR count). The number of hydrogen-bond donors (Lipinski definition) is 0. The van der Waals surface area contributed by atoms with Crippen LogP contribution in [0.5, 0.6) is 0 Å². The Morgan fingerprint density at radius 1 is 1.21 bits per heavy atom. The first-order valence-corrected chi connectivity index (χ1v) is 4.71. The monoisotopic (exact) mass is 220 g/mol. The second-order valence-corrected chi connectivity index (χ2v) is 3.78. The van der Waals surface area contributed by atoms with E-state index in [1.165, 1.54) is 21.1 Å². The molecule has 5 nitrogen and oxygen atoms in total. The van der Waals surface area contributed by atoms with Crippen molar-refractivity contribution in [2.75, 3.05) is 14.2 Å². The average Bonchev–Trinajstić information content (AvgIpc) is 2.14. The van der Waals surface area contributed by atoms with Crippen molar-refractivity contribution in [3.05, 3.63) is 0 Å². The molecular weight excluding hydrogens is 208 g/mol. The zero-order chi connectivity index (χ0) is 11.1. The maximum Gasteiger partial charge on any atom is 0.319 e. The van der Waals surface area contributed by atoms with Crippen molar-refractivity contribution in [3.63, 3.8) is 0 Å². The van der Waals surface area contributed by atoms with Gasteiger partial charge in [-0.1, -0.05) is 11.8 Å². The Morgan fingerprint density at radius 2 is 1.79 bits per heavy atom. The molecule has 0 saturated carbocycles. The standard InChI is InChI=1S/C8H12O5S/c1-5(9)14-6(8(11)13-3)4-7(10)12-2/h6H,4H2,1-3H3/t6-/m1/s1. The molecular formula is C8H12O5S. The number of rotatable bonds is 4. The molecule has 0 aromatic heterocycles. The molecule has 0 unspecified atom stereocenters. The van der Waals surface area contributed by atoms with Crippen molar-refractivity contribution in [2.45, 2.75) is 18.6 Å². The van der Waals surface area contributed by atoms with E-state index in [-0.39, 0.29) is 11.5 Å². The second kappa shape index (κ2) is 6.42. The van der Waals surface area contributed by atoms with Crippen LogP contribution in [-0.2, 0) is 23.9 Å². The van der Waals surface area contributed by atoms with Gasteiger partial charge in [-0.05, 0) is 0 Å². The lowest BCUT2D eigenvalue weighted by molar-refractivity contribution is -0.146. The second-order valence-electron chi connectivity index (χ2n) is 2.40. The van der Waals surface area contributed by atoms with E-state index < -0.39 is 17.2 Å². The van der Waals surface area contributed by atoms with Gasteiger partial charge in [-0.2, -0.15) is 0 Å².